The second-order valence-electron chi connectivity index (χ2n) is 5.18. The van der Waals surface area contributed by atoms with Gasteiger partial charge in [-0.2, -0.15) is 0 Å². The highest BCUT2D eigenvalue weighted by atomic mass is 79.9. The van der Waals surface area contributed by atoms with Gasteiger partial charge in [0.2, 0.25) is 0 Å². The van der Waals surface area contributed by atoms with Gasteiger partial charge < -0.3 is 15.2 Å². The highest BCUT2D eigenvalue weighted by Gasteiger charge is 2.54. The summed E-state index contributed by atoms with van der Waals surface area (Å²) in [5.74, 6) is -0.395. The average Bonchev–Trinajstić information content (AvgIpc) is 2.98. The molecule has 1 saturated carbocycles. The minimum absolute atomic E-state index is 0.164. The average molecular weight is 327 g/mol. The number of aliphatic carboxylic acids is 1. The zero-order valence-corrected chi connectivity index (χ0v) is 11.9. The van der Waals surface area contributed by atoms with Crippen LogP contribution in [0.1, 0.15) is 18.4 Å². The molecule has 19 heavy (non-hydrogen) atoms. The smallest absolute Gasteiger partial charge is 0.329 e. The zero-order chi connectivity index (χ0) is 13.5. The number of carboxylic acids is 1. The number of carbonyl (C=O) groups is 1. The number of pyridine rings is 1. The third-order valence-corrected chi connectivity index (χ3v) is 4.68. The van der Waals surface area contributed by atoms with Gasteiger partial charge in [-0.05, 0) is 47.3 Å². The molecule has 2 heterocycles. The first-order chi connectivity index (χ1) is 9.12. The molecule has 2 aliphatic rings. The summed E-state index contributed by atoms with van der Waals surface area (Å²) in [5.41, 5.74) is 0.366. The second kappa shape index (κ2) is 4.85. The lowest BCUT2D eigenvalue weighted by Gasteiger charge is -2.38. The Bertz CT molecular complexity index is 510. The zero-order valence-electron chi connectivity index (χ0n) is 10.3. The fourth-order valence-electron chi connectivity index (χ4n) is 3.32. The first-order valence-electron chi connectivity index (χ1n) is 6.32. The molecule has 5 nitrogen and oxygen atoms in total. The Morgan fingerprint density at radius 2 is 2.53 bits per heavy atom. The summed E-state index contributed by atoms with van der Waals surface area (Å²) in [7, 11) is 0. The standard InChI is InChI=1S/C13H15BrN2O3/c14-12-9(2-1-3-15-12)13(19-7-11(17)18)5-8-4-10(13)16-6-8/h1-3,8,10,16H,4-7H2,(H,17,18). The van der Waals surface area contributed by atoms with Gasteiger partial charge in [-0.1, -0.05) is 6.07 Å². The monoisotopic (exact) mass is 326 g/mol. The minimum Gasteiger partial charge on any atom is -0.480 e. The van der Waals surface area contributed by atoms with Gasteiger partial charge >= 0.3 is 5.97 Å². The summed E-state index contributed by atoms with van der Waals surface area (Å²) in [6.07, 6.45) is 3.59. The van der Waals surface area contributed by atoms with Crippen molar-refractivity contribution in [1.82, 2.24) is 10.3 Å². The molecule has 3 rings (SSSR count). The molecule has 2 bridgehead atoms. The number of rotatable bonds is 4. The molecule has 2 N–H and O–H groups in total. The van der Waals surface area contributed by atoms with Gasteiger partial charge in [0, 0.05) is 17.8 Å². The maximum atomic E-state index is 10.8. The summed E-state index contributed by atoms with van der Waals surface area (Å²) in [6.45, 7) is 0.701. The molecular weight excluding hydrogens is 312 g/mol. The van der Waals surface area contributed by atoms with Crippen LogP contribution in [0.5, 0.6) is 0 Å². The number of piperidine rings is 1. The van der Waals surface area contributed by atoms with E-state index >= 15 is 0 Å². The number of halogens is 1. The molecule has 0 amide bonds. The predicted octanol–water partition coefficient (Wildman–Crippen LogP) is 1.52. The number of ether oxygens (including phenoxy) is 1. The van der Waals surface area contributed by atoms with Crippen LogP contribution >= 0.6 is 15.9 Å². The Morgan fingerprint density at radius 3 is 3.11 bits per heavy atom. The number of nitrogens with one attached hydrogen (secondary N) is 1. The summed E-state index contributed by atoms with van der Waals surface area (Å²) < 4.78 is 6.55. The normalized spacial score (nSPS) is 32.7. The summed E-state index contributed by atoms with van der Waals surface area (Å²) in [6, 6.07) is 3.98. The van der Waals surface area contributed by atoms with E-state index < -0.39 is 11.6 Å². The van der Waals surface area contributed by atoms with Gasteiger partial charge in [0.05, 0.1) is 0 Å². The van der Waals surface area contributed by atoms with Gasteiger partial charge in [0.25, 0.3) is 0 Å². The molecular formula is C13H15BrN2O3. The lowest BCUT2D eigenvalue weighted by Crippen LogP contribution is -2.49. The van der Waals surface area contributed by atoms with Crippen LogP contribution in [0.4, 0.5) is 0 Å². The molecule has 1 aromatic rings. The Balaban J connectivity index is 1.97. The third-order valence-electron chi connectivity index (χ3n) is 4.04. The van der Waals surface area contributed by atoms with Crippen LogP contribution in [-0.4, -0.2) is 35.3 Å². The van der Waals surface area contributed by atoms with E-state index in [-0.39, 0.29) is 12.6 Å². The van der Waals surface area contributed by atoms with Crippen LogP contribution in [0, 0.1) is 5.92 Å². The van der Waals surface area contributed by atoms with Gasteiger partial charge in [0.1, 0.15) is 16.8 Å². The fourth-order valence-corrected chi connectivity index (χ4v) is 3.90. The molecule has 1 aromatic heterocycles. The van der Waals surface area contributed by atoms with Gasteiger partial charge in [-0.25, -0.2) is 9.78 Å². The number of carboxylic acid groups (broad SMARTS) is 1. The lowest BCUT2D eigenvalue weighted by atomic mass is 9.87. The Labute approximate surface area is 119 Å². The van der Waals surface area contributed by atoms with Crippen molar-refractivity contribution in [2.45, 2.75) is 24.5 Å². The number of nitrogens with zero attached hydrogens (tertiary/aromatic N) is 1. The van der Waals surface area contributed by atoms with Crippen LogP contribution in [0.2, 0.25) is 0 Å². The Kier molecular flexibility index (Phi) is 3.32. The molecule has 0 aromatic carbocycles. The summed E-state index contributed by atoms with van der Waals surface area (Å²) in [5, 5.41) is 12.3. The van der Waals surface area contributed by atoms with Crippen molar-refractivity contribution in [3.63, 3.8) is 0 Å². The van der Waals surface area contributed by atoms with Crippen LogP contribution < -0.4 is 5.32 Å². The van der Waals surface area contributed by atoms with Crippen LogP contribution in [0.25, 0.3) is 0 Å². The van der Waals surface area contributed by atoms with Crippen LogP contribution in [-0.2, 0) is 15.1 Å². The largest absolute Gasteiger partial charge is 0.480 e. The predicted molar refractivity (Wildman–Crippen MR) is 71.7 cm³/mol. The molecule has 1 saturated heterocycles. The van der Waals surface area contributed by atoms with E-state index in [1.54, 1.807) is 6.20 Å². The van der Waals surface area contributed by atoms with Crippen LogP contribution in [0.15, 0.2) is 22.9 Å². The first-order valence-corrected chi connectivity index (χ1v) is 7.11. The Hall–Kier alpha value is -0.980. The van der Waals surface area contributed by atoms with E-state index in [0.29, 0.717) is 5.92 Å². The fraction of sp³-hybridized carbons (Fsp3) is 0.538. The maximum absolute atomic E-state index is 10.8. The molecule has 1 aliphatic heterocycles. The number of fused-ring (bicyclic) bond motifs is 2. The van der Waals surface area contributed by atoms with E-state index in [2.05, 4.69) is 26.2 Å². The van der Waals surface area contributed by atoms with Gasteiger partial charge in [-0.3, -0.25) is 0 Å². The first kappa shape index (κ1) is 13.0. The van der Waals surface area contributed by atoms with E-state index in [9.17, 15) is 4.79 Å². The van der Waals surface area contributed by atoms with Crippen LogP contribution in [0.3, 0.4) is 0 Å². The molecule has 2 fully saturated rings. The topological polar surface area (TPSA) is 71.5 Å². The summed E-state index contributed by atoms with van der Waals surface area (Å²) >= 11 is 3.45. The van der Waals surface area contributed by atoms with E-state index in [1.807, 2.05) is 12.1 Å². The van der Waals surface area contributed by atoms with Crippen molar-refractivity contribution < 1.29 is 14.6 Å². The maximum Gasteiger partial charge on any atom is 0.329 e. The van der Waals surface area contributed by atoms with Crippen molar-refractivity contribution in [2.75, 3.05) is 13.2 Å². The van der Waals surface area contributed by atoms with Gasteiger partial charge in [0.15, 0.2) is 0 Å². The SMILES string of the molecule is O=C(O)COC1(c2cccnc2Br)CC2CNC1C2. The summed E-state index contributed by atoms with van der Waals surface area (Å²) in [4.78, 5) is 15.1. The molecule has 6 heteroatoms. The number of hydrogen-bond donors (Lipinski definition) is 2. The van der Waals surface area contributed by atoms with Crippen molar-refractivity contribution in [3.05, 3.63) is 28.5 Å². The minimum atomic E-state index is -0.942. The van der Waals surface area contributed by atoms with Crippen molar-refractivity contribution in [1.29, 1.82) is 0 Å². The highest BCUT2D eigenvalue weighted by Crippen LogP contribution is 2.49. The number of aromatic nitrogens is 1. The Morgan fingerprint density at radius 1 is 1.68 bits per heavy atom. The molecule has 1 aliphatic carbocycles. The van der Waals surface area contributed by atoms with E-state index in [1.165, 1.54) is 0 Å². The van der Waals surface area contributed by atoms with E-state index in [4.69, 9.17) is 9.84 Å². The van der Waals surface area contributed by atoms with E-state index in [0.717, 1.165) is 29.6 Å². The van der Waals surface area contributed by atoms with Crippen molar-refractivity contribution in [2.24, 2.45) is 5.92 Å². The van der Waals surface area contributed by atoms with Gasteiger partial charge in [-0.15, -0.1) is 0 Å². The lowest BCUT2D eigenvalue weighted by molar-refractivity contribution is -0.153. The van der Waals surface area contributed by atoms with Crippen molar-refractivity contribution >= 4 is 21.9 Å². The molecule has 102 valence electrons. The highest BCUT2D eigenvalue weighted by molar-refractivity contribution is 9.10. The number of hydrogen-bond acceptors (Lipinski definition) is 4. The third kappa shape index (κ3) is 2.17. The molecule has 0 radical (unpaired) electrons. The molecule has 3 atom stereocenters. The second-order valence-corrected chi connectivity index (χ2v) is 5.93. The quantitative estimate of drug-likeness (QED) is 0.821. The van der Waals surface area contributed by atoms with Crippen molar-refractivity contribution in [3.8, 4) is 0 Å². The molecule has 3 unspecified atom stereocenters. The molecule has 0 spiro atoms.